The summed E-state index contributed by atoms with van der Waals surface area (Å²) in [6.07, 6.45) is 1.51. The van der Waals surface area contributed by atoms with Gasteiger partial charge in [-0.15, -0.1) is 0 Å². The van der Waals surface area contributed by atoms with Crippen molar-refractivity contribution in [3.05, 3.63) is 82.4 Å². The molecule has 1 aromatic heterocycles. The van der Waals surface area contributed by atoms with Gasteiger partial charge < -0.3 is 5.32 Å². The van der Waals surface area contributed by atoms with Gasteiger partial charge in [-0.2, -0.15) is 0 Å². The number of aryl methyl sites for hydroxylation is 1. The van der Waals surface area contributed by atoms with Crippen molar-refractivity contribution in [3.8, 4) is 11.4 Å². The van der Waals surface area contributed by atoms with Crippen LogP contribution in [0.5, 0.6) is 0 Å². The minimum Gasteiger partial charge on any atom is -0.348 e. The van der Waals surface area contributed by atoms with E-state index in [0.29, 0.717) is 22.6 Å². The standard InChI is InChI=1S/C19H15ClFN3O/c1-12-16(11-22-18(24-12)13-5-3-2-4-6-13)19(25)23-10-14-7-8-15(21)9-17(14)20/h2-9,11H,10H2,1H3,(H,23,25). The Kier molecular flexibility index (Phi) is 5.05. The molecule has 0 saturated heterocycles. The largest absolute Gasteiger partial charge is 0.348 e. The first-order valence-electron chi connectivity index (χ1n) is 7.66. The maximum absolute atomic E-state index is 13.1. The maximum Gasteiger partial charge on any atom is 0.254 e. The SMILES string of the molecule is Cc1nc(-c2ccccc2)ncc1C(=O)NCc1ccc(F)cc1Cl. The fraction of sp³-hybridized carbons (Fsp3) is 0.105. The molecular formula is C19H15ClFN3O. The first-order chi connectivity index (χ1) is 12.0. The van der Waals surface area contributed by atoms with Crippen LogP contribution in [0, 0.1) is 12.7 Å². The molecule has 0 fully saturated rings. The zero-order valence-electron chi connectivity index (χ0n) is 13.5. The zero-order chi connectivity index (χ0) is 17.8. The van der Waals surface area contributed by atoms with Crippen molar-refractivity contribution in [1.29, 1.82) is 0 Å². The number of hydrogen-bond acceptors (Lipinski definition) is 3. The van der Waals surface area contributed by atoms with E-state index in [4.69, 9.17) is 11.6 Å². The number of nitrogens with zero attached hydrogens (tertiary/aromatic N) is 2. The first kappa shape index (κ1) is 17.0. The molecule has 0 atom stereocenters. The summed E-state index contributed by atoms with van der Waals surface area (Å²) in [6.45, 7) is 1.95. The summed E-state index contributed by atoms with van der Waals surface area (Å²) in [5.74, 6) is -0.158. The van der Waals surface area contributed by atoms with Crippen molar-refractivity contribution in [2.75, 3.05) is 0 Å². The number of rotatable bonds is 4. The lowest BCUT2D eigenvalue weighted by Gasteiger charge is -2.09. The average molecular weight is 356 g/mol. The third kappa shape index (κ3) is 4.00. The molecule has 2 aromatic carbocycles. The van der Waals surface area contributed by atoms with Crippen LogP contribution in [0.2, 0.25) is 5.02 Å². The maximum atomic E-state index is 13.1. The van der Waals surface area contributed by atoms with Crippen LogP contribution in [0.15, 0.2) is 54.7 Å². The first-order valence-corrected chi connectivity index (χ1v) is 8.03. The van der Waals surface area contributed by atoms with Gasteiger partial charge in [0.05, 0.1) is 11.3 Å². The van der Waals surface area contributed by atoms with E-state index in [2.05, 4.69) is 15.3 Å². The highest BCUT2D eigenvalue weighted by Gasteiger charge is 2.13. The molecule has 6 heteroatoms. The summed E-state index contributed by atoms with van der Waals surface area (Å²) in [6, 6.07) is 13.6. The van der Waals surface area contributed by atoms with Gasteiger partial charge >= 0.3 is 0 Å². The molecule has 1 N–H and O–H groups in total. The molecule has 126 valence electrons. The second-order valence-electron chi connectivity index (χ2n) is 5.48. The molecule has 1 amide bonds. The zero-order valence-corrected chi connectivity index (χ0v) is 14.2. The molecule has 0 radical (unpaired) electrons. The van der Waals surface area contributed by atoms with Gasteiger partial charge in [0, 0.05) is 23.3 Å². The van der Waals surface area contributed by atoms with Gasteiger partial charge in [-0.1, -0.05) is 48.0 Å². The molecule has 0 spiro atoms. The van der Waals surface area contributed by atoms with Crippen LogP contribution in [0.4, 0.5) is 4.39 Å². The Labute approximate surface area is 149 Å². The van der Waals surface area contributed by atoms with E-state index in [1.165, 1.54) is 18.3 Å². The van der Waals surface area contributed by atoms with Crippen molar-refractivity contribution >= 4 is 17.5 Å². The van der Waals surface area contributed by atoms with E-state index in [1.54, 1.807) is 13.0 Å². The molecule has 0 aliphatic heterocycles. The number of benzene rings is 2. The molecule has 3 aromatic rings. The highest BCUT2D eigenvalue weighted by molar-refractivity contribution is 6.31. The fourth-order valence-electron chi connectivity index (χ4n) is 2.35. The molecular weight excluding hydrogens is 341 g/mol. The quantitative estimate of drug-likeness (QED) is 0.764. The molecule has 0 aliphatic rings. The Morgan fingerprint density at radius 1 is 1.20 bits per heavy atom. The normalized spacial score (nSPS) is 10.5. The van der Waals surface area contributed by atoms with Crippen molar-refractivity contribution < 1.29 is 9.18 Å². The van der Waals surface area contributed by atoms with Gasteiger partial charge in [0.25, 0.3) is 5.91 Å². The molecule has 4 nitrogen and oxygen atoms in total. The van der Waals surface area contributed by atoms with Gasteiger partial charge in [0.15, 0.2) is 5.82 Å². The summed E-state index contributed by atoms with van der Waals surface area (Å²) in [4.78, 5) is 21.0. The highest BCUT2D eigenvalue weighted by Crippen LogP contribution is 2.18. The topological polar surface area (TPSA) is 54.9 Å². The van der Waals surface area contributed by atoms with E-state index in [1.807, 2.05) is 30.3 Å². The molecule has 1 heterocycles. The van der Waals surface area contributed by atoms with Gasteiger partial charge in [0.1, 0.15) is 5.82 Å². The van der Waals surface area contributed by atoms with E-state index >= 15 is 0 Å². The summed E-state index contributed by atoms with van der Waals surface area (Å²) in [5, 5.41) is 3.02. The Hall–Kier alpha value is -2.79. The second-order valence-corrected chi connectivity index (χ2v) is 5.88. The summed E-state index contributed by atoms with van der Waals surface area (Å²) >= 11 is 5.96. The molecule has 0 aliphatic carbocycles. The molecule has 0 bridgehead atoms. The summed E-state index contributed by atoms with van der Waals surface area (Å²) in [7, 11) is 0. The van der Waals surface area contributed by atoms with Gasteiger partial charge in [-0.3, -0.25) is 4.79 Å². The van der Waals surface area contributed by atoms with Crippen LogP contribution in [0.25, 0.3) is 11.4 Å². The minimum absolute atomic E-state index is 0.192. The van der Waals surface area contributed by atoms with E-state index in [0.717, 1.165) is 5.56 Å². The van der Waals surface area contributed by atoms with Crippen molar-refractivity contribution in [1.82, 2.24) is 15.3 Å². The highest BCUT2D eigenvalue weighted by atomic mass is 35.5. The van der Waals surface area contributed by atoms with E-state index in [9.17, 15) is 9.18 Å². The van der Waals surface area contributed by atoms with E-state index < -0.39 is 5.82 Å². The lowest BCUT2D eigenvalue weighted by molar-refractivity contribution is 0.0949. The lowest BCUT2D eigenvalue weighted by atomic mass is 10.1. The van der Waals surface area contributed by atoms with Crippen LogP contribution in [0.3, 0.4) is 0 Å². The molecule has 25 heavy (non-hydrogen) atoms. The smallest absolute Gasteiger partial charge is 0.254 e. The average Bonchev–Trinajstić information content (AvgIpc) is 2.61. The minimum atomic E-state index is -0.416. The van der Waals surface area contributed by atoms with Gasteiger partial charge in [-0.25, -0.2) is 14.4 Å². The monoisotopic (exact) mass is 355 g/mol. The van der Waals surface area contributed by atoms with Crippen LogP contribution >= 0.6 is 11.6 Å². The van der Waals surface area contributed by atoms with Crippen LogP contribution < -0.4 is 5.32 Å². The number of carbonyl (C=O) groups is 1. The predicted molar refractivity (Wildman–Crippen MR) is 94.8 cm³/mol. The number of hydrogen-bond donors (Lipinski definition) is 1. The van der Waals surface area contributed by atoms with Crippen molar-refractivity contribution in [2.45, 2.75) is 13.5 Å². The van der Waals surface area contributed by atoms with Crippen LogP contribution in [0.1, 0.15) is 21.6 Å². The van der Waals surface area contributed by atoms with Crippen LogP contribution in [-0.2, 0) is 6.54 Å². The van der Waals surface area contributed by atoms with Crippen molar-refractivity contribution in [3.63, 3.8) is 0 Å². The Balaban J connectivity index is 1.74. The predicted octanol–water partition coefficient (Wildman–Crippen LogP) is 4.17. The third-order valence-corrected chi connectivity index (χ3v) is 4.06. The Bertz CT molecular complexity index is 916. The molecule has 0 unspecified atom stereocenters. The third-order valence-electron chi connectivity index (χ3n) is 3.71. The van der Waals surface area contributed by atoms with Crippen molar-refractivity contribution in [2.24, 2.45) is 0 Å². The van der Waals surface area contributed by atoms with Gasteiger partial charge in [0.2, 0.25) is 0 Å². The molecule has 3 rings (SSSR count). The number of nitrogens with one attached hydrogen (secondary N) is 1. The number of halogens is 2. The van der Waals surface area contributed by atoms with Crippen LogP contribution in [-0.4, -0.2) is 15.9 Å². The number of amides is 1. The Morgan fingerprint density at radius 2 is 1.96 bits per heavy atom. The molecule has 0 saturated carbocycles. The number of carbonyl (C=O) groups excluding carboxylic acids is 1. The summed E-state index contributed by atoms with van der Waals surface area (Å²) in [5.41, 5.74) is 2.49. The lowest BCUT2D eigenvalue weighted by Crippen LogP contribution is -2.24. The summed E-state index contributed by atoms with van der Waals surface area (Å²) < 4.78 is 13.1. The Morgan fingerprint density at radius 3 is 2.64 bits per heavy atom. The second kappa shape index (κ2) is 7.40. The number of aromatic nitrogens is 2. The van der Waals surface area contributed by atoms with E-state index in [-0.39, 0.29) is 17.5 Å². The van der Waals surface area contributed by atoms with Gasteiger partial charge in [-0.05, 0) is 24.6 Å². The fourth-order valence-corrected chi connectivity index (χ4v) is 2.59.